The average molecular weight is 827 g/mol. The molecule has 4 aromatic carbocycles. The summed E-state index contributed by atoms with van der Waals surface area (Å²) in [6, 6.07) is 17.6. The summed E-state index contributed by atoms with van der Waals surface area (Å²) < 4.78 is 0. The average Bonchev–Trinajstić information content (AvgIpc) is 3.21. The van der Waals surface area contributed by atoms with E-state index < -0.39 is 60.1 Å². The Balaban J connectivity index is 1.50. The molecule has 0 saturated heterocycles. The zero-order chi connectivity index (χ0) is 43.0. The summed E-state index contributed by atoms with van der Waals surface area (Å²) in [5, 5.41) is 45.1. The van der Waals surface area contributed by atoms with E-state index in [0.29, 0.717) is 35.5 Å². The van der Waals surface area contributed by atoms with Gasteiger partial charge in [-0.25, -0.2) is 0 Å². The first kappa shape index (κ1) is 44.3. The van der Waals surface area contributed by atoms with Crippen LogP contribution in [0.25, 0.3) is 22.3 Å². The third-order valence-electron chi connectivity index (χ3n) is 10.5. The molecule has 0 fully saturated rings. The van der Waals surface area contributed by atoms with Gasteiger partial charge in [0, 0.05) is 28.8 Å². The number of nitrogens with one attached hydrogen (secondary N) is 4. The lowest BCUT2D eigenvalue weighted by atomic mass is 9.93. The van der Waals surface area contributed by atoms with E-state index in [2.05, 4.69) is 21.3 Å². The zero-order valence-electron chi connectivity index (χ0n) is 33.4. The number of hydrogen-bond donors (Lipinski definition) is 8. The molecule has 4 amide bonds. The highest BCUT2D eigenvalue weighted by molar-refractivity contribution is 6.30. The molecule has 312 valence electrons. The van der Waals surface area contributed by atoms with Crippen LogP contribution in [-0.4, -0.2) is 93.6 Å². The Hall–Kier alpha value is -5.80. The number of unbranched alkanes of at least 4 members (excludes halogenated alkanes) is 1. The van der Waals surface area contributed by atoms with Crippen LogP contribution in [0.1, 0.15) is 67.6 Å². The van der Waals surface area contributed by atoms with Crippen molar-refractivity contribution in [3.63, 3.8) is 0 Å². The SMILES string of the molecule is CC(=O)[C@H](C)NC(=O)[C@@H]1Cc2ccc(O)c(c2)-c2cc(ccc2O)[C@H](N(C)C(=O)[C@H](CCCCN)NC(=O)c2ccc(-c3ccc(Cl)cc3)cc2)C(=O)N[C@@H](C)C(O)N1. The van der Waals surface area contributed by atoms with Crippen LogP contribution in [0.4, 0.5) is 0 Å². The fourth-order valence-corrected chi connectivity index (χ4v) is 6.97. The van der Waals surface area contributed by atoms with Gasteiger partial charge < -0.3 is 41.9 Å². The van der Waals surface area contributed by atoms with Gasteiger partial charge >= 0.3 is 0 Å². The summed E-state index contributed by atoms with van der Waals surface area (Å²) in [5.41, 5.74) is 8.94. The Bertz CT molecular complexity index is 2170. The zero-order valence-corrected chi connectivity index (χ0v) is 34.1. The maximum absolute atomic E-state index is 14.5. The summed E-state index contributed by atoms with van der Waals surface area (Å²) in [7, 11) is 1.42. The first-order chi connectivity index (χ1) is 28.1. The molecular weight excluding hydrogens is 776 g/mol. The molecule has 0 spiro atoms. The Morgan fingerprint density at radius 3 is 2.14 bits per heavy atom. The smallest absolute Gasteiger partial charge is 0.251 e. The number of likely N-dealkylation sites (N-methyl/N-ethyl adjacent to an activating group) is 1. The molecule has 14 nitrogen and oxygen atoms in total. The molecule has 0 radical (unpaired) electrons. The van der Waals surface area contributed by atoms with Crippen LogP contribution in [0.5, 0.6) is 11.5 Å². The Labute approximate surface area is 348 Å². The van der Waals surface area contributed by atoms with Gasteiger partial charge in [0.1, 0.15) is 29.8 Å². The summed E-state index contributed by atoms with van der Waals surface area (Å²) in [6.07, 6.45) is -0.238. The predicted octanol–water partition coefficient (Wildman–Crippen LogP) is 3.94. The molecule has 1 aliphatic heterocycles. The minimum absolute atomic E-state index is 0.00839. The number of phenolic OH excluding ortho intramolecular Hbond substituents is 2. The third-order valence-corrected chi connectivity index (χ3v) is 10.7. The minimum Gasteiger partial charge on any atom is -0.507 e. The van der Waals surface area contributed by atoms with Gasteiger partial charge in [-0.05, 0) is 124 Å². The molecule has 0 saturated carbocycles. The number of carbonyl (C=O) groups is 5. The molecule has 59 heavy (non-hydrogen) atoms. The van der Waals surface area contributed by atoms with E-state index in [1.807, 2.05) is 12.1 Å². The minimum atomic E-state index is -1.49. The van der Waals surface area contributed by atoms with Crippen molar-refractivity contribution in [2.24, 2.45) is 5.73 Å². The van der Waals surface area contributed by atoms with E-state index in [-0.39, 0.29) is 46.8 Å². The summed E-state index contributed by atoms with van der Waals surface area (Å²) >= 11 is 6.04. The fourth-order valence-electron chi connectivity index (χ4n) is 6.85. The number of hydrogen-bond acceptors (Lipinski definition) is 10. The highest BCUT2D eigenvalue weighted by Crippen LogP contribution is 2.39. The standard InChI is InChI=1S/C44H51ClN6O8/c1-24(26(3)52)47-42(57)36-22-27-8-18-37(53)33(21-27)34-23-31(15-19-38(34)54)39(43(58)48-25(2)40(55)50-36)51(4)44(59)35(7-5-6-20-46)49-41(56)30-11-9-28(10-12-30)29-13-16-32(45)17-14-29/h8-19,21,23-25,35-36,39-40,50,53-55H,5-7,20,22,46H2,1-4H3,(H,47,57)(H,48,58)(H,49,56)/t24-,25-,35-,36-,39-,40?/m0/s1. The molecule has 6 atom stereocenters. The number of Topliss-reactive ketones (excluding diaryl/α,β-unsaturated/α-hetero) is 1. The van der Waals surface area contributed by atoms with Crippen molar-refractivity contribution in [1.82, 2.24) is 26.2 Å². The van der Waals surface area contributed by atoms with E-state index in [1.165, 1.54) is 57.0 Å². The van der Waals surface area contributed by atoms with Crippen molar-refractivity contribution < 1.29 is 39.3 Å². The molecule has 1 unspecified atom stereocenters. The Kier molecular flexibility index (Phi) is 14.8. The van der Waals surface area contributed by atoms with Crippen molar-refractivity contribution in [2.75, 3.05) is 13.6 Å². The van der Waals surface area contributed by atoms with Crippen LogP contribution < -0.4 is 27.0 Å². The van der Waals surface area contributed by atoms with Crippen LogP contribution in [0.15, 0.2) is 84.9 Å². The van der Waals surface area contributed by atoms with Crippen molar-refractivity contribution in [3.05, 3.63) is 107 Å². The number of phenols is 2. The van der Waals surface area contributed by atoms with Gasteiger partial charge in [0.25, 0.3) is 5.91 Å². The van der Waals surface area contributed by atoms with Gasteiger partial charge in [-0.15, -0.1) is 0 Å². The number of ketones is 1. The molecule has 0 aliphatic carbocycles. The van der Waals surface area contributed by atoms with Gasteiger partial charge in [0.15, 0.2) is 5.78 Å². The number of aromatic hydroxyl groups is 2. The lowest BCUT2D eigenvalue weighted by Crippen LogP contribution is -2.58. The van der Waals surface area contributed by atoms with Gasteiger partial charge in [-0.2, -0.15) is 0 Å². The van der Waals surface area contributed by atoms with Gasteiger partial charge in [-0.1, -0.05) is 48.0 Å². The topological polar surface area (TPSA) is 223 Å². The number of aliphatic hydroxyl groups is 1. The van der Waals surface area contributed by atoms with Crippen molar-refractivity contribution in [1.29, 1.82) is 0 Å². The first-order valence-electron chi connectivity index (χ1n) is 19.4. The van der Waals surface area contributed by atoms with Crippen LogP contribution in [0.3, 0.4) is 0 Å². The normalized spacial score (nSPS) is 19.0. The lowest BCUT2D eigenvalue weighted by molar-refractivity contribution is -0.141. The molecule has 5 rings (SSSR count). The molecule has 4 bridgehead atoms. The van der Waals surface area contributed by atoms with Gasteiger partial charge in [-0.3, -0.25) is 29.3 Å². The second kappa shape index (κ2) is 19.8. The summed E-state index contributed by atoms with van der Waals surface area (Å²) in [6.45, 7) is 4.74. The van der Waals surface area contributed by atoms with E-state index >= 15 is 0 Å². The maximum Gasteiger partial charge on any atom is 0.251 e. The van der Waals surface area contributed by atoms with Crippen molar-refractivity contribution in [3.8, 4) is 33.8 Å². The van der Waals surface area contributed by atoms with Crippen LogP contribution in [0, 0.1) is 0 Å². The highest BCUT2D eigenvalue weighted by atomic mass is 35.5. The molecule has 9 N–H and O–H groups in total. The molecular formula is C44H51ClN6O8. The van der Waals surface area contributed by atoms with Gasteiger partial charge in [0.2, 0.25) is 17.7 Å². The quantitative estimate of drug-likeness (QED) is 0.0961. The predicted molar refractivity (Wildman–Crippen MR) is 224 cm³/mol. The molecule has 1 aliphatic rings. The number of benzene rings is 4. The number of halogens is 1. The summed E-state index contributed by atoms with van der Waals surface area (Å²) in [4.78, 5) is 69.2. The van der Waals surface area contributed by atoms with E-state index in [4.69, 9.17) is 17.3 Å². The number of amides is 4. The second-order valence-electron chi connectivity index (χ2n) is 14.9. The van der Waals surface area contributed by atoms with Crippen LogP contribution >= 0.6 is 11.6 Å². The number of fused-ring (bicyclic) bond motifs is 5. The largest absolute Gasteiger partial charge is 0.507 e. The van der Waals surface area contributed by atoms with Crippen LogP contribution in [0.2, 0.25) is 5.02 Å². The van der Waals surface area contributed by atoms with E-state index in [0.717, 1.165) is 11.1 Å². The number of nitrogens with two attached hydrogens (primary N) is 1. The number of carbonyl (C=O) groups excluding carboxylic acids is 5. The fraction of sp³-hybridized carbons (Fsp3) is 0.341. The Morgan fingerprint density at radius 1 is 0.898 bits per heavy atom. The Morgan fingerprint density at radius 2 is 1.51 bits per heavy atom. The molecule has 0 aromatic heterocycles. The third kappa shape index (κ3) is 11.0. The number of nitrogens with zero attached hydrogens (tertiary/aromatic N) is 1. The second-order valence-corrected chi connectivity index (χ2v) is 15.3. The van der Waals surface area contributed by atoms with E-state index in [9.17, 15) is 39.3 Å². The number of aliphatic hydroxyl groups excluding tert-OH is 1. The monoisotopic (exact) mass is 826 g/mol. The highest BCUT2D eigenvalue weighted by Gasteiger charge is 2.36. The maximum atomic E-state index is 14.5. The van der Waals surface area contributed by atoms with Crippen molar-refractivity contribution in [2.45, 2.75) is 82.9 Å². The number of rotatable bonds is 12. The molecule has 1 heterocycles. The lowest BCUT2D eigenvalue weighted by Gasteiger charge is -2.33. The molecule has 4 aromatic rings. The van der Waals surface area contributed by atoms with Gasteiger partial charge in [0.05, 0.1) is 18.1 Å². The van der Waals surface area contributed by atoms with Crippen LogP contribution in [-0.2, 0) is 25.6 Å². The first-order valence-corrected chi connectivity index (χ1v) is 19.8. The summed E-state index contributed by atoms with van der Waals surface area (Å²) in [5.74, 6) is -3.16. The van der Waals surface area contributed by atoms with E-state index in [1.54, 1.807) is 48.5 Å². The van der Waals surface area contributed by atoms with Crippen molar-refractivity contribution >= 4 is 41.0 Å². The molecule has 15 heteroatoms.